The van der Waals surface area contributed by atoms with Gasteiger partial charge >= 0.3 is 0 Å². The van der Waals surface area contributed by atoms with E-state index < -0.39 is 0 Å². The Balaban J connectivity index is 2.94. The van der Waals surface area contributed by atoms with Crippen LogP contribution in [-0.4, -0.2) is 0 Å². The third-order valence-corrected chi connectivity index (χ3v) is 2.96. The molecular weight excluding hydrogens is 224 g/mol. The van der Waals surface area contributed by atoms with E-state index in [0.717, 1.165) is 0 Å². The summed E-state index contributed by atoms with van der Waals surface area (Å²) in [4.78, 5) is 0. The van der Waals surface area contributed by atoms with Gasteiger partial charge in [0, 0.05) is 4.47 Å². The van der Waals surface area contributed by atoms with E-state index in [2.05, 4.69) is 60.1 Å². The predicted molar refractivity (Wildman–Crippen MR) is 61.1 cm³/mol. The predicted octanol–water partition coefficient (Wildman–Crippen LogP) is 4.22. The van der Waals surface area contributed by atoms with Crippen molar-refractivity contribution in [1.82, 2.24) is 0 Å². The molecule has 0 aliphatic rings. The Hall–Kier alpha value is -0.820. The molecule has 0 bridgehead atoms. The fourth-order valence-electron chi connectivity index (χ4n) is 1.63. The maximum atomic E-state index is 3.58. The zero-order valence-electron chi connectivity index (χ0n) is 7.76. The van der Waals surface area contributed by atoms with Crippen molar-refractivity contribution >= 4 is 26.7 Å². The molecule has 0 amide bonds. The summed E-state index contributed by atoms with van der Waals surface area (Å²) < 4.78 is 1.19. The molecule has 0 saturated carbocycles. The number of benzene rings is 2. The SMILES string of the molecule is Cc1cc(Br)c2cccc(C)c2c1. The molecule has 2 rings (SSSR count). The van der Waals surface area contributed by atoms with Gasteiger partial charge in [-0.15, -0.1) is 0 Å². The topological polar surface area (TPSA) is 0 Å². The van der Waals surface area contributed by atoms with E-state index in [-0.39, 0.29) is 0 Å². The Morgan fingerprint density at radius 3 is 2.54 bits per heavy atom. The summed E-state index contributed by atoms with van der Waals surface area (Å²) in [6.45, 7) is 4.27. The standard InChI is InChI=1S/C12H11Br/c1-8-6-11-9(2)4-3-5-10(11)12(13)7-8/h3-7H,1-2H3. The summed E-state index contributed by atoms with van der Waals surface area (Å²) >= 11 is 3.58. The van der Waals surface area contributed by atoms with Crippen molar-refractivity contribution in [3.8, 4) is 0 Å². The smallest absolute Gasteiger partial charge is 0.0256 e. The molecule has 0 atom stereocenters. The summed E-state index contributed by atoms with van der Waals surface area (Å²) in [5, 5.41) is 2.64. The van der Waals surface area contributed by atoms with Crippen LogP contribution in [0.4, 0.5) is 0 Å². The molecule has 0 nitrogen and oxygen atoms in total. The zero-order chi connectivity index (χ0) is 9.42. The van der Waals surface area contributed by atoms with Crippen molar-refractivity contribution in [3.63, 3.8) is 0 Å². The number of hydrogen-bond acceptors (Lipinski definition) is 0. The third kappa shape index (κ3) is 1.49. The summed E-state index contributed by atoms with van der Waals surface area (Å²) in [6, 6.07) is 10.8. The molecule has 0 N–H and O–H groups in total. The molecule has 1 heteroatoms. The third-order valence-electron chi connectivity index (χ3n) is 2.31. The number of aryl methyl sites for hydroxylation is 2. The van der Waals surface area contributed by atoms with Crippen LogP contribution in [0.25, 0.3) is 10.8 Å². The molecule has 2 aromatic rings. The second kappa shape index (κ2) is 3.15. The molecule has 0 spiro atoms. The van der Waals surface area contributed by atoms with Gasteiger partial charge in [0.05, 0.1) is 0 Å². The van der Waals surface area contributed by atoms with E-state index in [4.69, 9.17) is 0 Å². The van der Waals surface area contributed by atoms with Crippen molar-refractivity contribution in [2.45, 2.75) is 13.8 Å². The Kier molecular flexibility index (Phi) is 2.12. The minimum Gasteiger partial charge on any atom is -0.0613 e. The first-order chi connectivity index (χ1) is 6.18. The molecule has 0 heterocycles. The Bertz CT molecular complexity index is 458. The average Bonchev–Trinajstić information content (AvgIpc) is 2.07. The molecule has 0 fully saturated rings. The van der Waals surface area contributed by atoms with Crippen molar-refractivity contribution in [1.29, 1.82) is 0 Å². The fraction of sp³-hybridized carbons (Fsp3) is 0.167. The molecule has 0 aliphatic heterocycles. The van der Waals surface area contributed by atoms with E-state index in [9.17, 15) is 0 Å². The van der Waals surface area contributed by atoms with E-state index in [1.54, 1.807) is 0 Å². The lowest BCUT2D eigenvalue weighted by Gasteiger charge is -2.05. The molecule has 2 aromatic carbocycles. The Labute approximate surface area is 86.7 Å². The van der Waals surface area contributed by atoms with E-state index >= 15 is 0 Å². The van der Waals surface area contributed by atoms with Crippen molar-refractivity contribution in [2.24, 2.45) is 0 Å². The van der Waals surface area contributed by atoms with Crippen molar-refractivity contribution in [2.75, 3.05) is 0 Å². The number of hydrogen-bond donors (Lipinski definition) is 0. The molecule has 13 heavy (non-hydrogen) atoms. The highest BCUT2D eigenvalue weighted by Gasteiger charge is 2.00. The van der Waals surface area contributed by atoms with Gasteiger partial charge in [0.2, 0.25) is 0 Å². The molecule has 0 unspecified atom stereocenters. The van der Waals surface area contributed by atoms with E-state index in [1.807, 2.05) is 0 Å². The molecule has 0 aliphatic carbocycles. The summed E-state index contributed by atoms with van der Waals surface area (Å²) in [6.07, 6.45) is 0. The first kappa shape index (κ1) is 8.76. The highest BCUT2D eigenvalue weighted by atomic mass is 79.9. The van der Waals surface area contributed by atoms with Gasteiger partial charge in [-0.05, 0) is 41.8 Å². The lowest BCUT2D eigenvalue weighted by Crippen LogP contribution is -1.81. The van der Waals surface area contributed by atoms with Crippen LogP contribution < -0.4 is 0 Å². The minimum atomic E-state index is 1.19. The first-order valence-electron chi connectivity index (χ1n) is 4.34. The van der Waals surface area contributed by atoms with Gasteiger partial charge in [-0.3, -0.25) is 0 Å². The van der Waals surface area contributed by atoms with Crippen LogP contribution in [0.2, 0.25) is 0 Å². The highest BCUT2D eigenvalue weighted by molar-refractivity contribution is 9.10. The molecule has 0 aromatic heterocycles. The Morgan fingerprint density at radius 2 is 1.77 bits per heavy atom. The van der Waals surface area contributed by atoms with Crippen LogP contribution in [0.1, 0.15) is 11.1 Å². The lowest BCUT2D eigenvalue weighted by molar-refractivity contribution is 1.46. The van der Waals surface area contributed by atoms with Gasteiger partial charge < -0.3 is 0 Å². The number of halogens is 1. The van der Waals surface area contributed by atoms with Crippen LogP contribution >= 0.6 is 15.9 Å². The second-order valence-corrected chi connectivity index (χ2v) is 4.27. The molecular formula is C12H11Br. The average molecular weight is 235 g/mol. The van der Waals surface area contributed by atoms with Gasteiger partial charge in [-0.1, -0.05) is 40.2 Å². The maximum Gasteiger partial charge on any atom is 0.0256 e. The van der Waals surface area contributed by atoms with Gasteiger partial charge in [-0.2, -0.15) is 0 Å². The summed E-state index contributed by atoms with van der Waals surface area (Å²) in [5.74, 6) is 0. The molecule has 66 valence electrons. The lowest BCUT2D eigenvalue weighted by atomic mass is 10.0. The minimum absolute atomic E-state index is 1.19. The zero-order valence-corrected chi connectivity index (χ0v) is 9.35. The van der Waals surface area contributed by atoms with Crippen LogP contribution in [0, 0.1) is 13.8 Å². The van der Waals surface area contributed by atoms with Crippen molar-refractivity contribution in [3.05, 3.63) is 45.9 Å². The quantitative estimate of drug-likeness (QED) is 0.641. The fourth-order valence-corrected chi connectivity index (χ4v) is 2.33. The monoisotopic (exact) mass is 234 g/mol. The van der Waals surface area contributed by atoms with E-state index in [0.29, 0.717) is 0 Å². The van der Waals surface area contributed by atoms with Gasteiger partial charge in [0.1, 0.15) is 0 Å². The summed E-state index contributed by atoms with van der Waals surface area (Å²) in [7, 11) is 0. The molecule has 0 saturated heterocycles. The van der Waals surface area contributed by atoms with Crippen molar-refractivity contribution < 1.29 is 0 Å². The summed E-state index contributed by atoms with van der Waals surface area (Å²) in [5.41, 5.74) is 2.63. The van der Waals surface area contributed by atoms with Crippen LogP contribution in [-0.2, 0) is 0 Å². The van der Waals surface area contributed by atoms with Crippen LogP contribution in [0.3, 0.4) is 0 Å². The van der Waals surface area contributed by atoms with Gasteiger partial charge in [-0.25, -0.2) is 0 Å². The first-order valence-corrected chi connectivity index (χ1v) is 5.13. The van der Waals surface area contributed by atoms with Crippen LogP contribution in [0.5, 0.6) is 0 Å². The second-order valence-electron chi connectivity index (χ2n) is 3.42. The maximum absolute atomic E-state index is 3.58. The van der Waals surface area contributed by atoms with Gasteiger partial charge in [0.15, 0.2) is 0 Å². The van der Waals surface area contributed by atoms with Crippen LogP contribution in [0.15, 0.2) is 34.8 Å². The normalized spacial score (nSPS) is 10.7. The van der Waals surface area contributed by atoms with E-state index in [1.165, 1.54) is 26.4 Å². The van der Waals surface area contributed by atoms with Gasteiger partial charge in [0.25, 0.3) is 0 Å². The molecule has 0 radical (unpaired) electrons. The number of fused-ring (bicyclic) bond motifs is 1. The Morgan fingerprint density at radius 1 is 1.00 bits per heavy atom. The number of rotatable bonds is 0. The highest BCUT2D eigenvalue weighted by Crippen LogP contribution is 2.27. The largest absolute Gasteiger partial charge is 0.0613 e.